The summed E-state index contributed by atoms with van der Waals surface area (Å²) in [6.07, 6.45) is 7.36. The number of ether oxygens (including phenoxy) is 2. The van der Waals surface area contributed by atoms with Gasteiger partial charge >= 0.3 is 0 Å². The van der Waals surface area contributed by atoms with E-state index in [4.69, 9.17) is 9.47 Å². The van der Waals surface area contributed by atoms with Crippen molar-refractivity contribution in [3.8, 4) is 11.5 Å². The first kappa shape index (κ1) is 40.3. The summed E-state index contributed by atoms with van der Waals surface area (Å²) in [5, 5.41) is 21.3. The quantitative estimate of drug-likeness (QED) is 0.149. The van der Waals surface area contributed by atoms with E-state index in [1.807, 2.05) is 36.4 Å². The Kier molecular flexibility index (Phi) is 15.1. The summed E-state index contributed by atoms with van der Waals surface area (Å²) in [5.74, 6) is 0.987. The zero-order chi connectivity index (χ0) is 38.3. The lowest BCUT2D eigenvalue weighted by molar-refractivity contribution is 0.0481. The van der Waals surface area contributed by atoms with Gasteiger partial charge in [0.2, 0.25) is 9.84 Å². The number of aliphatic hydroxyl groups is 2. The highest BCUT2D eigenvalue weighted by molar-refractivity contribution is 7.91. The Hall–Kier alpha value is -4.33. The first-order valence-corrected chi connectivity index (χ1v) is 20.7. The lowest BCUT2D eigenvalue weighted by Gasteiger charge is -2.35. The Morgan fingerprint density at radius 1 is 0.509 bits per heavy atom. The van der Waals surface area contributed by atoms with Gasteiger partial charge < -0.3 is 19.7 Å². The van der Waals surface area contributed by atoms with Crippen molar-refractivity contribution < 1.29 is 28.1 Å². The zero-order valence-electron chi connectivity index (χ0n) is 31.5. The second-order valence-electron chi connectivity index (χ2n) is 14.2. The molecule has 0 bridgehead atoms. The van der Waals surface area contributed by atoms with Crippen LogP contribution in [0.4, 0.5) is 0 Å². The molecule has 2 N–H and O–H groups in total. The summed E-state index contributed by atoms with van der Waals surface area (Å²) < 4.78 is 38.3. The van der Waals surface area contributed by atoms with Crippen LogP contribution in [-0.4, -0.2) is 142 Å². The first-order chi connectivity index (χ1) is 26.8. The standard InChI is InChI=1S/C44H54N4O6S/c49-39(33-47-29-25-45(26-30-47)23-7-13-37-9-3-1-4-10-37)35-53-41-15-19-43(20-16-41)55(51,52)44-21-17-42(18-22-44)54-36-40(50)34-48-31-27-46(28-32-48)24-8-14-38-11-5-2-6-12-38/h1-22,39-40,49-50H,23-36H2/b13-7+,14-8+/t39-,40-/m0/s1. The molecule has 2 aliphatic heterocycles. The predicted octanol–water partition coefficient (Wildman–Crippen LogP) is 4.66. The maximum absolute atomic E-state index is 13.3. The van der Waals surface area contributed by atoms with Gasteiger partial charge in [0.1, 0.15) is 36.9 Å². The number of hydrogen-bond acceptors (Lipinski definition) is 10. The molecule has 0 aromatic heterocycles. The molecule has 10 nitrogen and oxygen atoms in total. The zero-order valence-corrected chi connectivity index (χ0v) is 32.3. The molecular formula is C44H54N4O6S. The van der Waals surface area contributed by atoms with E-state index in [1.54, 1.807) is 24.3 Å². The molecule has 2 aliphatic rings. The number of nitrogens with zero attached hydrogens (tertiary/aromatic N) is 4. The van der Waals surface area contributed by atoms with Crippen molar-refractivity contribution in [1.82, 2.24) is 19.6 Å². The summed E-state index contributed by atoms with van der Waals surface area (Å²) >= 11 is 0. The smallest absolute Gasteiger partial charge is 0.206 e. The third-order valence-electron chi connectivity index (χ3n) is 9.97. The van der Waals surface area contributed by atoms with Gasteiger partial charge in [0, 0.05) is 78.5 Å². The van der Waals surface area contributed by atoms with E-state index in [2.05, 4.69) is 68.2 Å². The van der Waals surface area contributed by atoms with Crippen LogP contribution in [0.3, 0.4) is 0 Å². The molecule has 4 aromatic carbocycles. The molecule has 55 heavy (non-hydrogen) atoms. The molecule has 0 unspecified atom stereocenters. The minimum absolute atomic E-state index is 0.117. The minimum Gasteiger partial charge on any atom is -0.491 e. The van der Waals surface area contributed by atoms with Gasteiger partial charge in [-0.15, -0.1) is 0 Å². The van der Waals surface area contributed by atoms with Gasteiger partial charge in [-0.2, -0.15) is 0 Å². The van der Waals surface area contributed by atoms with E-state index in [1.165, 1.54) is 35.4 Å². The molecule has 2 fully saturated rings. The van der Waals surface area contributed by atoms with Crippen LogP contribution in [0, 0.1) is 0 Å². The highest BCUT2D eigenvalue weighted by Gasteiger charge is 2.22. The Morgan fingerprint density at radius 2 is 0.855 bits per heavy atom. The highest BCUT2D eigenvalue weighted by Crippen LogP contribution is 2.25. The van der Waals surface area contributed by atoms with Crippen LogP contribution in [0.5, 0.6) is 11.5 Å². The average Bonchev–Trinajstić information content (AvgIpc) is 3.22. The molecule has 2 saturated heterocycles. The summed E-state index contributed by atoms with van der Waals surface area (Å²) in [6.45, 7) is 10.4. The largest absolute Gasteiger partial charge is 0.491 e. The van der Waals surface area contributed by atoms with Gasteiger partial charge in [-0.25, -0.2) is 8.42 Å². The first-order valence-electron chi connectivity index (χ1n) is 19.2. The molecule has 0 spiro atoms. The van der Waals surface area contributed by atoms with E-state index < -0.39 is 22.0 Å². The number of rotatable bonds is 18. The maximum atomic E-state index is 13.3. The van der Waals surface area contributed by atoms with Gasteiger partial charge in [-0.3, -0.25) is 19.6 Å². The lowest BCUT2D eigenvalue weighted by atomic mass is 10.2. The SMILES string of the molecule is O=S(=O)(c1ccc(OC[C@@H](O)CN2CCN(C/C=C/c3ccccc3)CC2)cc1)c1ccc(OC[C@@H](O)CN2CCN(C/C=C/c3ccccc3)CC2)cc1. The number of benzene rings is 4. The summed E-state index contributed by atoms with van der Waals surface area (Å²) in [5.41, 5.74) is 2.40. The molecular weight excluding hydrogens is 713 g/mol. The topological polar surface area (TPSA) is 106 Å². The van der Waals surface area contributed by atoms with E-state index in [9.17, 15) is 18.6 Å². The van der Waals surface area contributed by atoms with Gasteiger partial charge in [-0.1, -0.05) is 85.0 Å². The summed E-state index contributed by atoms with van der Waals surface area (Å²) in [4.78, 5) is 9.59. The molecule has 11 heteroatoms. The van der Waals surface area contributed by atoms with Crippen molar-refractivity contribution in [1.29, 1.82) is 0 Å². The Morgan fingerprint density at radius 3 is 1.22 bits per heavy atom. The maximum Gasteiger partial charge on any atom is 0.206 e. The van der Waals surface area contributed by atoms with E-state index >= 15 is 0 Å². The normalized spacial score (nSPS) is 17.8. The number of hydrogen-bond donors (Lipinski definition) is 2. The minimum atomic E-state index is -3.76. The van der Waals surface area contributed by atoms with Crippen LogP contribution in [0.2, 0.25) is 0 Å². The van der Waals surface area contributed by atoms with E-state index in [0.29, 0.717) is 24.6 Å². The van der Waals surface area contributed by atoms with Crippen molar-refractivity contribution in [2.24, 2.45) is 0 Å². The molecule has 0 saturated carbocycles. The van der Waals surface area contributed by atoms with Crippen LogP contribution < -0.4 is 9.47 Å². The summed E-state index contributed by atoms with van der Waals surface area (Å²) in [7, 11) is -3.76. The Balaban J connectivity index is 0.862. The molecule has 4 aromatic rings. The monoisotopic (exact) mass is 766 g/mol. The fraction of sp³-hybridized carbons (Fsp3) is 0.364. The molecule has 2 heterocycles. The number of β-amino-alcohol motifs (C(OH)–C–C–N with tert-alkyl or cyclic N) is 2. The number of aliphatic hydroxyl groups excluding tert-OH is 2. The predicted molar refractivity (Wildman–Crippen MR) is 218 cm³/mol. The third-order valence-corrected chi connectivity index (χ3v) is 11.8. The van der Waals surface area contributed by atoms with Crippen LogP contribution in [0.15, 0.2) is 131 Å². The summed E-state index contributed by atoms with van der Waals surface area (Å²) in [6, 6.07) is 33.1. The average molecular weight is 767 g/mol. The van der Waals surface area contributed by atoms with E-state index in [0.717, 1.165) is 65.4 Å². The fourth-order valence-corrected chi connectivity index (χ4v) is 8.03. The second-order valence-corrected chi connectivity index (χ2v) is 16.2. The molecule has 292 valence electrons. The molecule has 0 radical (unpaired) electrons. The highest BCUT2D eigenvalue weighted by atomic mass is 32.2. The van der Waals surface area contributed by atoms with E-state index in [-0.39, 0.29) is 23.0 Å². The van der Waals surface area contributed by atoms with Crippen LogP contribution in [0.25, 0.3) is 12.2 Å². The number of sulfone groups is 1. The van der Waals surface area contributed by atoms with Gasteiger partial charge in [0.05, 0.1) is 9.79 Å². The van der Waals surface area contributed by atoms with Crippen molar-refractivity contribution in [3.63, 3.8) is 0 Å². The lowest BCUT2D eigenvalue weighted by Crippen LogP contribution is -2.49. The Labute approximate surface area is 326 Å². The van der Waals surface area contributed by atoms with Crippen LogP contribution in [-0.2, 0) is 9.84 Å². The van der Waals surface area contributed by atoms with Crippen molar-refractivity contribution in [2.45, 2.75) is 22.0 Å². The van der Waals surface area contributed by atoms with Crippen LogP contribution in [0.1, 0.15) is 11.1 Å². The molecule has 6 rings (SSSR count). The molecule has 2 atom stereocenters. The van der Waals surface area contributed by atoms with Gasteiger partial charge in [0.15, 0.2) is 0 Å². The van der Waals surface area contributed by atoms with Crippen LogP contribution >= 0.6 is 0 Å². The van der Waals surface area contributed by atoms with Gasteiger partial charge in [-0.05, 0) is 59.7 Å². The third kappa shape index (κ3) is 12.9. The van der Waals surface area contributed by atoms with Gasteiger partial charge in [0.25, 0.3) is 0 Å². The second kappa shape index (κ2) is 20.5. The Bertz CT molecular complexity index is 1740. The van der Waals surface area contributed by atoms with Crippen molar-refractivity contribution in [2.75, 3.05) is 91.8 Å². The number of piperazine rings is 2. The van der Waals surface area contributed by atoms with Crippen molar-refractivity contribution >= 4 is 22.0 Å². The molecule has 0 amide bonds. The van der Waals surface area contributed by atoms with Crippen molar-refractivity contribution in [3.05, 3.63) is 132 Å². The fourth-order valence-electron chi connectivity index (χ4n) is 6.77. The molecule has 0 aliphatic carbocycles.